The van der Waals surface area contributed by atoms with Gasteiger partial charge in [0.1, 0.15) is 5.75 Å². The van der Waals surface area contributed by atoms with E-state index in [4.69, 9.17) is 4.74 Å². The van der Waals surface area contributed by atoms with Crippen LogP contribution in [0.4, 0.5) is 0 Å². The Bertz CT molecular complexity index is 344. The highest BCUT2D eigenvalue weighted by Crippen LogP contribution is 2.23. The van der Waals surface area contributed by atoms with E-state index in [0.717, 1.165) is 29.1 Å². The van der Waals surface area contributed by atoms with Crippen molar-refractivity contribution >= 4 is 24.8 Å². The molecule has 0 aliphatic heterocycles. The van der Waals surface area contributed by atoms with Crippen LogP contribution in [-0.2, 0) is 6.54 Å². The molecule has 0 saturated heterocycles. The summed E-state index contributed by atoms with van der Waals surface area (Å²) in [6.07, 6.45) is 1.86. The van der Waals surface area contributed by atoms with Gasteiger partial charge in [-0.05, 0) is 13.8 Å². The van der Waals surface area contributed by atoms with Gasteiger partial charge in [0.15, 0.2) is 0 Å². The lowest BCUT2D eigenvalue weighted by atomic mass is 10.1. The number of nitrogens with zero attached hydrogens (tertiary/aromatic N) is 1. The summed E-state index contributed by atoms with van der Waals surface area (Å²) in [5.41, 5.74) is 3.28. The summed E-state index contributed by atoms with van der Waals surface area (Å²) >= 11 is 0. The molecule has 5 heteroatoms. The van der Waals surface area contributed by atoms with Crippen LogP contribution < -0.4 is 10.1 Å². The van der Waals surface area contributed by atoms with Gasteiger partial charge in [0.2, 0.25) is 0 Å². The number of methoxy groups -OCH3 is 1. The van der Waals surface area contributed by atoms with E-state index in [2.05, 4.69) is 31.1 Å². The first-order valence-electron chi connectivity index (χ1n) is 5.28. The van der Waals surface area contributed by atoms with Gasteiger partial charge in [0.25, 0.3) is 0 Å². The van der Waals surface area contributed by atoms with E-state index in [0.29, 0.717) is 6.04 Å². The predicted molar refractivity (Wildman–Crippen MR) is 76.7 cm³/mol. The molecule has 1 heterocycles. The lowest BCUT2D eigenvalue weighted by Crippen LogP contribution is -2.23. The van der Waals surface area contributed by atoms with E-state index in [1.54, 1.807) is 7.11 Å². The molecule has 1 N–H and O–H groups in total. The molecule has 0 radical (unpaired) electrons. The second kappa shape index (κ2) is 8.56. The highest BCUT2D eigenvalue weighted by atomic mass is 35.5. The maximum absolute atomic E-state index is 5.36. The van der Waals surface area contributed by atoms with Crippen molar-refractivity contribution in [2.45, 2.75) is 40.3 Å². The molecule has 0 aromatic carbocycles. The normalized spacial score (nSPS) is 9.53. The predicted octanol–water partition coefficient (Wildman–Crippen LogP) is 3.05. The summed E-state index contributed by atoms with van der Waals surface area (Å²) in [7, 11) is 1.70. The quantitative estimate of drug-likeness (QED) is 0.921. The Morgan fingerprint density at radius 1 is 1.29 bits per heavy atom. The maximum atomic E-state index is 5.36. The fourth-order valence-corrected chi connectivity index (χ4v) is 1.55. The molecule has 100 valence electrons. The minimum absolute atomic E-state index is 0. The number of hydrogen-bond acceptors (Lipinski definition) is 3. The van der Waals surface area contributed by atoms with E-state index in [1.807, 2.05) is 13.1 Å². The number of aryl methyl sites for hydroxylation is 1. The molecule has 17 heavy (non-hydrogen) atoms. The van der Waals surface area contributed by atoms with Gasteiger partial charge in [0.05, 0.1) is 12.8 Å². The Balaban J connectivity index is 0. The third-order valence-corrected chi connectivity index (χ3v) is 2.43. The number of nitrogens with one attached hydrogen (secondary N) is 1. The van der Waals surface area contributed by atoms with E-state index >= 15 is 0 Å². The first-order valence-corrected chi connectivity index (χ1v) is 5.28. The van der Waals surface area contributed by atoms with Crippen LogP contribution in [0.15, 0.2) is 6.20 Å². The first-order chi connectivity index (χ1) is 7.06. The van der Waals surface area contributed by atoms with Crippen molar-refractivity contribution in [1.82, 2.24) is 10.3 Å². The second-order valence-electron chi connectivity index (χ2n) is 4.08. The molecule has 0 saturated carbocycles. The van der Waals surface area contributed by atoms with Gasteiger partial charge in [-0.15, -0.1) is 24.8 Å². The summed E-state index contributed by atoms with van der Waals surface area (Å²) in [6, 6.07) is 0.471. The van der Waals surface area contributed by atoms with Crippen molar-refractivity contribution in [2.75, 3.05) is 7.11 Å². The standard InChI is InChI=1S/C12H20N2O.2ClH/c1-8(2)13-7-11-10(4)12(15-5)9(3)6-14-11;;/h6,8,13H,7H2,1-5H3;2*1H. The maximum Gasteiger partial charge on any atom is 0.128 e. The molecule has 1 rings (SSSR count). The number of aromatic nitrogens is 1. The number of hydrogen-bond donors (Lipinski definition) is 1. The Labute approximate surface area is 116 Å². The van der Waals surface area contributed by atoms with Gasteiger partial charge < -0.3 is 10.1 Å². The number of ether oxygens (including phenoxy) is 1. The van der Waals surface area contributed by atoms with Crippen molar-refractivity contribution in [3.8, 4) is 5.75 Å². The molecule has 1 aromatic heterocycles. The minimum Gasteiger partial charge on any atom is -0.496 e. The molecule has 0 fully saturated rings. The van der Waals surface area contributed by atoms with E-state index in [9.17, 15) is 0 Å². The smallest absolute Gasteiger partial charge is 0.128 e. The summed E-state index contributed by atoms with van der Waals surface area (Å²) in [4.78, 5) is 4.42. The van der Waals surface area contributed by atoms with Gasteiger partial charge in [-0.25, -0.2) is 0 Å². The lowest BCUT2D eigenvalue weighted by molar-refractivity contribution is 0.406. The van der Waals surface area contributed by atoms with Gasteiger partial charge in [-0.1, -0.05) is 13.8 Å². The summed E-state index contributed by atoms with van der Waals surface area (Å²) in [5.74, 6) is 0.950. The van der Waals surface area contributed by atoms with Crippen molar-refractivity contribution in [3.05, 3.63) is 23.0 Å². The molecule has 0 unspecified atom stereocenters. The number of halogens is 2. The van der Waals surface area contributed by atoms with Crippen LogP contribution in [0.2, 0.25) is 0 Å². The van der Waals surface area contributed by atoms with Crippen molar-refractivity contribution < 1.29 is 4.74 Å². The van der Waals surface area contributed by atoms with E-state index < -0.39 is 0 Å². The Morgan fingerprint density at radius 2 is 1.88 bits per heavy atom. The molecule has 0 spiro atoms. The second-order valence-corrected chi connectivity index (χ2v) is 4.08. The SMILES string of the molecule is COc1c(C)cnc(CNC(C)C)c1C.Cl.Cl. The van der Waals surface area contributed by atoms with Gasteiger partial charge in [-0.3, -0.25) is 4.98 Å². The minimum atomic E-state index is 0. The average Bonchev–Trinajstić information content (AvgIpc) is 2.17. The van der Waals surface area contributed by atoms with Crippen LogP contribution in [0.5, 0.6) is 5.75 Å². The Kier molecular flexibility index (Phi) is 9.49. The number of pyridine rings is 1. The zero-order valence-electron chi connectivity index (χ0n) is 11.0. The summed E-state index contributed by atoms with van der Waals surface area (Å²) < 4.78 is 5.36. The molecule has 0 aliphatic rings. The van der Waals surface area contributed by atoms with Crippen LogP contribution >= 0.6 is 24.8 Å². The van der Waals surface area contributed by atoms with Crippen molar-refractivity contribution in [3.63, 3.8) is 0 Å². The first kappa shape index (κ1) is 18.8. The molecule has 0 aliphatic carbocycles. The summed E-state index contributed by atoms with van der Waals surface area (Å²) in [5, 5.41) is 3.36. The zero-order valence-corrected chi connectivity index (χ0v) is 12.7. The zero-order chi connectivity index (χ0) is 11.4. The lowest BCUT2D eigenvalue weighted by Gasteiger charge is -2.13. The van der Waals surface area contributed by atoms with Crippen molar-refractivity contribution in [2.24, 2.45) is 0 Å². The molecule has 0 bridgehead atoms. The highest BCUT2D eigenvalue weighted by molar-refractivity contribution is 5.85. The Hall–Kier alpha value is -0.510. The molecular formula is C12H22Cl2N2O. The van der Waals surface area contributed by atoms with Gasteiger partial charge >= 0.3 is 0 Å². The molecule has 1 aromatic rings. The van der Waals surface area contributed by atoms with Gasteiger partial charge in [-0.2, -0.15) is 0 Å². The van der Waals surface area contributed by atoms with Gasteiger partial charge in [0, 0.05) is 29.9 Å². The topological polar surface area (TPSA) is 34.1 Å². The molecular weight excluding hydrogens is 259 g/mol. The third-order valence-electron chi connectivity index (χ3n) is 2.43. The molecule has 0 amide bonds. The fraction of sp³-hybridized carbons (Fsp3) is 0.583. The van der Waals surface area contributed by atoms with E-state index in [1.165, 1.54) is 0 Å². The largest absolute Gasteiger partial charge is 0.496 e. The fourth-order valence-electron chi connectivity index (χ4n) is 1.55. The van der Waals surface area contributed by atoms with E-state index in [-0.39, 0.29) is 24.8 Å². The highest BCUT2D eigenvalue weighted by Gasteiger charge is 2.09. The average molecular weight is 281 g/mol. The van der Waals surface area contributed by atoms with Crippen LogP contribution in [-0.4, -0.2) is 18.1 Å². The Morgan fingerprint density at radius 3 is 2.35 bits per heavy atom. The summed E-state index contributed by atoms with van der Waals surface area (Å²) in [6.45, 7) is 9.11. The van der Waals surface area contributed by atoms with Crippen LogP contribution in [0.25, 0.3) is 0 Å². The molecule has 3 nitrogen and oxygen atoms in total. The van der Waals surface area contributed by atoms with Crippen LogP contribution in [0.1, 0.15) is 30.7 Å². The van der Waals surface area contributed by atoms with Crippen LogP contribution in [0, 0.1) is 13.8 Å². The van der Waals surface area contributed by atoms with Crippen LogP contribution in [0.3, 0.4) is 0 Å². The third kappa shape index (κ3) is 5.11. The molecule has 0 atom stereocenters. The van der Waals surface area contributed by atoms with Crippen molar-refractivity contribution in [1.29, 1.82) is 0 Å². The monoisotopic (exact) mass is 280 g/mol. The number of rotatable bonds is 4.